The van der Waals surface area contributed by atoms with Crippen LogP contribution >= 0.6 is 18.2 Å². The van der Waals surface area contributed by atoms with Gasteiger partial charge in [-0.1, -0.05) is 17.7 Å². The van der Waals surface area contributed by atoms with Gasteiger partial charge in [-0.2, -0.15) is 0 Å². The average Bonchev–Trinajstić information content (AvgIpc) is 1.95. The minimum atomic E-state index is -3.98. The van der Waals surface area contributed by atoms with Crippen molar-refractivity contribution in [2.45, 2.75) is 20.8 Å². The summed E-state index contributed by atoms with van der Waals surface area (Å²) in [6.07, 6.45) is 0. The summed E-state index contributed by atoms with van der Waals surface area (Å²) < 4.78 is 15.7. The van der Waals surface area contributed by atoms with Gasteiger partial charge in [0.1, 0.15) is 5.75 Å². The van der Waals surface area contributed by atoms with Crippen LogP contribution in [-0.2, 0) is 4.57 Å². The van der Waals surface area contributed by atoms with Crippen LogP contribution in [0.15, 0.2) is 12.1 Å². The van der Waals surface area contributed by atoms with E-state index in [1.165, 1.54) is 0 Å². The van der Waals surface area contributed by atoms with E-state index in [0.29, 0.717) is 5.75 Å². The number of halogens is 1. The molecule has 0 aliphatic rings. The molecule has 0 amide bonds. The first-order valence-corrected chi connectivity index (χ1v) is 6.58. The van der Waals surface area contributed by atoms with E-state index in [4.69, 9.17) is 20.7 Å². The summed E-state index contributed by atoms with van der Waals surface area (Å²) in [7, 11) is 0. The van der Waals surface area contributed by atoms with Gasteiger partial charge in [-0.25, -0.2) is 4.57 Å². The van der Waals surface area contributed by atoms with Crippen LogP contribution in [0.4, 0.5) is 0 Å². The van der Waals surface area contributed by atoms with Crippen molar-refractivity contribution in [3.63, 3.8) is 0 Å². The maximum atomic E-state index is 10.9. The Morgan fingerprint density at radius 1 is 1.29 bits per heavy atom. The third-order valence-corrected chi connectivity index (χ3v) is 2.42. The van der Waals surface area contributed by atoms with Gasteiger partial charge in [0.25, 0.3) is 0 Å². The molecule has 1 aromatic carbocycles. The molecule has 5 heteroatoms. The minimum absolute atomic E-state index is 0.386. The molecule has 1 aromatic rings. The van der Waals surface area contributed by atoms with E-state index in [2.05, 4.69) is 0 Å². The molecule has 0 aliphatic heterocycles. The first-order chi connectivity index (χ1) is 6.29. The predicted molar refractivity (Wildman–Crippen MR) is 57.0 cm³/mol. The molecule has 1 atom stereocenters. The Balaban J connectivity index is 3.15. The lowest BCUT2D eigenvalue weighted by Gasteiger charge is -2.12. The van der Waals surface area contributed by atoms with E-state index in [1.54, 1.807) is 0 Å². The molecule has 14 heavy (non-hydrogen) atoms. The normalized spacial score (nSPS) is 14.9. The van der Waals surface area contributed by atoms with Crippen molar-refractivity contribution in [2.75, 3.05) is 0 Å². The fourth-order valence-corrected chi connectivity index (χ4v) is 2.14. The Kier molecular flexibility index (Phi) is 3.25. The van der Waals surface area contributed by atoms with Crippen molar-refractivity contribution in [1.82, 2.24) is 0 Å². The highest BCUT2D eigenvalue weighted by molar-refractivity contribution is 7.80. The second-order valence-electron chi connectivity index (χ2n) is 3.27. The van der Waals surface area contributed by atoms with Gasteiger partial charge >= 0.3 is 6.95 Å². The molecular weight excluding hydrogens is 223 g/mol. The van der Waals surface area contributed by atoms with Gasteiger partial charge in [-0.05, 0) is 31.9 Å². The monoisotopic (exact) mass is 234 g/mol. The molecule has 3 nitrogen and oxygen atoms in total. The van der Waals surface area contributed by atoms with Gasteiger partial charge in [0.15, 0.2) is 0 Å². The van der Waals surface area contributed by atoms with E-state index in [1.807, 2.05) is 32.9 Å². The molecule has 0 saturated carbocycles. The fraction of sp³-hybridized carbons (Fsp3) is 0.333. The largest absolute Gasteiger partial charge is 0.474 e. The number of hydrogen-bond acceptors (Lipinski definition) is 2. The Morgan fingerprint density at radius 2 is 1.71 bits per heavy atom. The van der Waals surface area contributed by atoms with Crippen molar-refractivity contribution in [3.05, 3.63) is 28.8 Å². The number of aryl methyl sites for hydroxylation is 3. The highest BCUT2D eigenvalue weighted by atomic mass is 35.7. The van der Waals surface area contributed by atoms with Crippen LogP contribution in [0, 0.1) is 20.8 Å². The van der Waals surface area contributed by atoms with E-state index in [9.17, 15) is 4.57 Å². The Hall–Kier alpha value is -0.500. The Morgan fingerprint density at radius 3 is 2.07 bits per heavy atom. The molecule has 1 unspecified atom stereocenters. The Bertz CT molecular complexity index is 374. The second kappa shape index (κ2) is 3.93. The number of benzene rings is 1. The van der Waals surface area contributed by atoms with Gasteiger partial charge in [0, 0.05) is 11.2 Å². The fourth-order valence-electron chi connectivity index (χ4n) is 1.42. The van der Waals surface area contributed by atoms with Gasteiger partial charge in [0.05, 0.1) is 0 Å². The summed E-state index contributed by atoms with van der Waals surface area (Å²) in [6.45, 7) is 1.58. The topological polar surface area (TPSA) is 46.5 Å². The van der Waals surface area contributed by atoms with Crippen LogP contribution in [0.25, 0.3) is 0 Å². The molecule has 0 saturated heterocycles. The minimum Gasteiger partial charge on any atom is -0.413 e. The van der Waals surface area contributed by atoms with E-state index in [-0.39, 0.29) is 0 Å². The first-order valence-electron chi connectivity index (χ1n) is 4.09. The zero-order valence-corrected chi connectivity index (χ0v) is 9.89. The van der Waals surface area contributed by atoms with Crippen LogP contribution in [0.5, 0.6) is 5.75 Å². The first kappa shape index (κ1) is 11.6. The van der Waals surface area contributed by atoms with Crippen LogP contribution in [-0.4, -0.2) is 4.89 Å². The smallest absolute Gasteiger partial charge is 0.413 e. The number of hydrogen-bond donors (Lipinski definition) is 1. The molecule has 0 aliphatic carbocycles. The Labute approximate surface area is 88.0 Å². The van der Waals surface area contributed by atoms with Crippen molar-refractivity contribution < 1.29 is 14.0 Å². The van der Waals surface area contributed by atoms with Crippen LogP contribution in [0.1, 0.15) is 16.7 Å². The summed E-state index contributed by atoms with van der Waals surface area (Å²) in [5.74, 6) is 0.386. The summed E-state index contributed by atoms with van der Waals surface area (Å²) in [4.78, 5) is 8.89. The van der Waals surface area contributed by atoms with Crippen LogP contribution in [0.2, 0.25) is 0 Å². The molecule has 0 heterocycles. The molecule has 1 rings (SSSR count). The molecule has 0 spiro atoms. The van der Waals surface area contributed by atoms with Crippen molar-refractivity contribution >= 4 is 18.2 Å². The van der Waals surface area contributed by atoms with E-state index < -0.39 is 6.95 Å². The lowest BCUT2D eigenvalue weighted by atomic mass is 10.1. The van der Waals surface area contributed by atoms with Crippen LogP contribution < -0.4 is 4.52 Å². The van der Waals surface area contributed by atoms with Gasteiger partial charge in [-0.15, -0.1) is 0 Å². The van der Waals surface area contributed by atoms with Gasteiger partial charge in [-0.3, -0.25) is 0 Å². The lowest BCUT2D eigenvalue weighted by molar-refractivity contribution is 0.398. The zero-order chi connectivity index (χ0) is 10.9. The maximum absolute atomic E-state index is 10.9. The summed E-state index contributed by atoms with van der Waals surface area (Å²) in [5, 5.41) is 0. The summed E-state index contributed by atoms with van der Waals surface area (Å²) in [5.41, 5.74) is 2.68. The molecule has 78 valence electrons. The molecule has 0 aromatic heterocycles. The molecule has 1 N–H and O–H groups in total. The van der Waals surface area contributed by atoms with Crippen molar-refractivity contribution in [3.8, 4) is 5.75 Å². The van der Waals surface area contributed by atoms with Crippen LogP contribution in [0.3, 0.4) is 0 Å². The zero-order valence-electron chi connectivity index (χ0n) is 8.24. The third kappa shape index (κ3) is 3.02. The van der Waals surface area contributed by atoms with E-state index >= 15 is 0 Å². The van der Waals surface area contributed by atoms with Gasteiger partial charge < -0.3 is 9.42 Å². The van der Waals surface area contributed by atoms with Crippen molar-refractivity contribution in [2.24, 2.45) is 0 Å². The second-order valence-corrected chi connectivity index (χ2v) is 5.64. The predicted octanol–water partition coefficient (Wildman–Crippen LogP) is 3.33. The lowest BCUT2D eigenvalue weighted by Crippen LogP contribution is -1.93. The highest BCUT2D eigenvalue weighted by Gasteiger charge is 2.18. The summed E-state index contributed by atoms with van der Waals surface area (Å²) in [6, 6.07) is 3.74. The molecule has 0 radical (unpaired) electrons. The third-order valence-electron chi connectivity index (χ3n) is 1.81. The standard InChI is InChI=1S/C9H12ClO3P/c1-6-4-7(2)9(8(3)5-6)13-14(10,11)12/h4-5H,1-3H3,(H,11,12). The van der Waals surface area contributed by atoms with Crippen molar-refractivity contribution in [1.29, 1.82) is 0 Å². The molecule has 0 fully saturated rings. The highest BCUT2D eigenvalue weighted by Crippen LogP contribution is 2.49. The van der Waals surface area contributed by atoms with E-state index in [0.717, 1.165) is 16.7 Å². The SMILES string of the molecule is Cc1cc(C)c(OP(=O)(O)Cl)c(C)c1. The summed E-state index contributed by atoms with van der Waals surface area (Å²) >= 11 is 5.14. The average molecular weight is 235 g/mol. The quantitative estimate of drug-likeness (QED) is 0.799. The molecule has 0 bridgehead atoms. The molecular formula is C9H12ClO3P. The van der Waals surface area contributed by atoms with Gasteiger partial charge in [0.2, 0.25) is 0 Å². The maximum Gasteiger partial charge on any atom is 0.474 e. The number of rotatable bonds is 2.